The Bertz CT molecular complexity index is 658. The van der Waals surface area contributed by atoms with Crippen LogP contribution in [0.3, 0.4) is 0 Å². The van der Waals surface area contributed by atoms with Gasteiger partial charge in [0, 0.05) is 6.54 Å². The number of aryl methyl sites for hydroxylation is 1. The molecular weight excluding hydrogens is 232 g/mol. The zero-order valence-electron chi connectivity index (χ0n) is 9.72. The van der Waals surface area contributed by atoms with Gasteiger partial charge in [-0.3, -0.25) is 14.3 Å². The summed E-state index contributed by atoms with van der Waals surface area (Å²) in [6.07, 6.45) is 0.577. The molecule has 2 aromatic rings. The average Bonchev–Trinajstić information content (AvgIpc) is 2.37. The van der Waals surface area contributed by atoms with Gasteiger partial charge >= 0.3 is 5.69 Å². The van der Waals surface area contributed by atoms with E-state index in [4.69, 9.17) is 11.5 Å². The minimum atomic E-state index is -0.549. The van der Waals surface area contributed by atoms with Gasteiger partial charge in [0.1, 0.15) is 11.5 Å². The summed E-state index contributed by atoms with van der Waals surface area (Å²) >= 11 is 0. The van der Waals surface area contributed by atoms with Gasteiger partial charge in [0.2, 0.25) is 0 Å². The largest absolute Gasteiger partial charge is 0.391 e. The van der Waals surface area contributed by atoms with Crippen molar-refractivity contribution in [3.63, 3.8) is 0 Å². The second-order valence-electron chi connectivity index (χ2n) is 3.95. The molecule has 1 heterocycles. The van der Waals surface area contributed by atoms with E-state index in [1.165, 1.54) is 0 Å². The lowest BCUT2D eigenvalue weighted by Crippen LogP contribution is -2.37. The van der Waals surface area contributed by atoms with E-state index in [1.54, 1.807) is 0 Å². The summed E-state index contributed by atoms with van der Waals surface area (Å²) < 4.78 is 1.05. The summed E-state index contributed by atoms with van der Waals surface area (Å²) in [6.45, 7) is 0.267. The number of benzene rings is 1. The third kappa shape index (κ3) is 2.27. The SMILES string of the molecule is Nc1[nH]c(=O)n(CCc2ccccc2)c(=O)c1N. The van der Waals surface area contributed by atoms with Crippen molar-refractivity contribution in [1.29, 1.82) is 0 Å². The molecule has 0 spiro atoms. The second kappa shape index (κ2) is 4.79. The molecule has 94 valence electrons. The number of nitrogens with two attached hydrogens (primary N) is 2. The van der Waals surface area contributed by atoms with Gasteiger partial charge in [-0.25, -0.2) is 4.79 Å². The number of rotatable bonds is 3. The van der Waals surface area contributed by atoms with Gasteiger partial charge in [-0.2, -0.15) is 0 Å². The van der Waals surface area contributed by atoms with E-state index >= 15 is 0 Å². The molecule has 1 aromatic heterocycles. The highest BCUT2D eigenvalue weighted by Gasteiger charge is 2.08. The number of nitrogens with zero attached hydrogens (tertiary/aromatic N) is 1. The highest BCUT2D eigenvalue weighted by Crippen LogP contribution is 2.02. The number of hydrogen-bond acceptors (Lipinski definition) is 4. The quantitative estimate of drug-likeness (QED) is 0.705. The zero-order chi connectivity index (χ0) is 13.1. The second-order valence-corrected chi connectivity index (χ2v) is 3.95. The molecule has 6 heteroatoms. The van der Waals surface area contributed by atoms with Crippen LogP contribution in [0.15, 0.2) is 39.9 Å². The smallest absolute Gasteiger partial charge is 0.330 e. The number of aromatic amines is 1. The summed E-state index contributed by atoms with van der Waals surface area (Å²) in [5.41, 5.74) is 10.7. The first-order chi connectivity index (χ1) is 8.59. The molecular formula is C12H14N4O2. The maximum atomic E-state index is 11.8. The summed E-state index contributed by atoms with van der Waals surface area (Å²) in [5.74, 6) is -0.0824. The highest BCUT2D eigenvalue weighted by molar-refractivity contribution is 5.55. The molecule has 0 aliphatic heterocycles. The molecule has 5 N–H and O–H groups in total. The Morgan fingerprint density at radius 2 is 1.78 bits per heavy atom. The summed E-state index contributed by atoms with van der Waals surface area (Å²) in [6, 6.07) is 9.57. The van der Waals surface area contributed by atoms with Gasteiger partial charge in [-0.05, 0) is 12.0 Å². The maximum absolute atomic E-state index is 11.8. The Kier molecular flexibility index (Phi) is 3.18. The first kappa shape index (κ1) is 12.0. The molecule has 0 saturated heterocycles. The highest BCUT2D eigenvalue weighted by atomic mass is 16.2. The molecule has 0 saturated carbocycles. The van der Waals surface area contributed by atoms with Crippen LogP contribution in [0, 0.1) is 0 Å². The molecule has 2 rings (SSSR count). The van der Waals surface area contributed by atoms with Crippen LogP contribution in [0.4, 0.5) is 11.5 Å². The predicted octanol–water partition coefficient (Wildman–Crippen LogP) is -0.0563. The average molecular weight is 246 g/mol. The van der Waals surface area contributed by atoms with Crippen molar-refractivity contribution in [2.24, 2.45) is 0 Å². The van der Waals surface area contributed by atoms with Crippen molar-refractivity contribution in [3.05, 3.63) is 56.7 Å². The Morgan fingerprint density at radius 1 is 1.11 bits per heavy atom. The standard InChI is InChI=1S/C12H14N4O2/c13-9-10(14)15-12(18)16(11(9)17)7-6-8-4-2-1-3-5-8/h1-5H,6-7,13-14H2,(H,15,18). The molecule has 0 aliphatic carbocycles. The maximum Gasteiger partial charge on any atom is 0.330 e. The van der Waals surface area contributed by atoms with Gasteiger partial charge in [-0.1, -0.05) is 30.3 Å². The van der Waals surface area contributed by atoms with Crippen LogP contribution in [-0.4, -0.2) is 9.55 Å². The minimum absolute atomic E-state index is 0.0824. The molecule has 0 radical (unpaired) electrons. The fourth-order valence-corrected chi connectivity index (χ4v) is 1.69. The van der Waals surface area contributed by atoms with Crippen molar-refractivity contribution >= 4 is 11.5 Å². The van der Waals surface area contributed by atoms with Gasteiger partial charge in [-0.15, -0.1) is 0 Å². The summed E-state index contributed by atoms with van der Waals surface area (Å²) in [5, 5.41) is 0. The molecule has 0 fully saturated rings. The monoisotopic (exact) mass is 246 g/mol. The number of aromatic nitrogens is 2. The molecule has 6 nitrogen and oxygen atoms in total. The fourth-order valence-electron chi connectivity index (χ4n) is 1.69. The fraction of sp³-hybridized carbons (Fsp3) is 0.167. The Morgan fingerprint density at radius 3 is 2.44 bits per heavy atom. The van der Waals surface area contributed by atoms with E-state index in [1.807, 2.05) is 30.3 Å². The minimum Gasteiger partial charge on any atom is -0.391 e. The van der Waals surface area contributed by atoms with Crippen LogP contribution >= 0.6 is 0 Å². The number of nitrogen functional groups attached to an aromatic ring is 2. The van der Waals surface area contributed by atoms with Gasteiger partial charge in [0.15, 0.2) is 0 Å². The van der Waals surface area contributed by atoms with Crippen LogP contribution < -0.4 is 22.7 Å². The molecule has 0 unspecified atom stereocenters. The Hall–Kier alpha value is -2.50. The van der Waals surface area contributed by atoms with Crippen LogP contribution in [0.25, 0.3) is 0 Å². The lowest BCUT2D eigenvalue weighted by atomic mass is 10.1. The molecule has 0 aliphatic rings. The van der Waals surface area contributed by atoms with E-state index in [2.05, 4.69) is 4.98 Å². The lowest BCUT2D eigenvalue weighted by Gasteiger charge is -2.07. The number of nitrogens with one attached hydrogen (secondary N) is 1. The van der Waals surface area contributed by atoms with E-state index in [-0.39, 0.29) is 18.1 Å². The number of hydrogen-bond donors (Lipinski definition) is 3. The number of H-pyrrole nitrogens is 1. The Balaban J connectivity index is 2.28. The third-order valence-electron chi connectivity index (χ3n) is 2.72. The predicted molar refractivity (Wildman–Crippen MR) is 70.3 cm³/mol. The molecule has 18 heavy (non-hydrogen) atoms. The molecule has 0 atom stereocenters. The third-order valence-corrected chi connectivity index (χ3v) is 2.72. The normalized spacial score (nSPS) is 10.4. The van der Waals surface area contributed by atoms with Gasteiger partial charge in [0.05, 0.1) is 0 Å². The van der Waals surface area contributed by atoms with Crippen LogP contribution in [0.2, 0.25) is 0 Å². The first-order valence-electron chi connectivity index (χ1n) is 5.51. The van der Waals surface area contributed by atoms with E-state index in [9.17, 15) is 9.59 Å². The van der Waals surface area contributed by atoms with Crippen LogP contribution in [-0.2, 0) is 13.0 Å². The molecule has 1 aromatic carbocycles. The van der Waals surface area contributed by atoms with Gasteiger partial charge in [0.25, 0.3) is 5.56 Å². The van der Waals surface area contributed by atoms with E-state index in [0.717, 1.165) is 10.1 Å². The molecule has 0 amide bonds. The lowest BCUT2D eigenvalue weighted by molar-refractivity contribution is 0.631. The van der Waals surface area contributed by atoms with Crippen molar-refractivity contribution in [1.82, 2.24) is 9.55 Å². The van der Waals surface area contributed by atoms with Gasteiger partial charge < -0.3 is 11.5 Å². The number of anilines is 2. The Labute approximate surface area is 103 Å². The van der Waals surface area contributed by atoms with Crippen molar-refractivity contribution in [3.8, 4) is 0 Å². The van der Waals surface area contributed by atoms with Crippen molar-refractivity contribution in [2.45, 2.75) is 13.0 Å². The zero-order valence-corrected chi connectivity index (χ0v) is 9.72. The summed E-state index contributed by atoms with van der Waals surface area (Å²) in [4.78, 5) is 25.7. The van der Waals surface area contributed by atoms with Crippen molar-refractivity contribution < 1.29 is 0 Å². The topological polar surface area (TPSA) is 107 Å². The van der Waals surface area contributed by atoms with Crippen LogP contribution in [0.1, 0.15) is 5.56 Å². The van der Waals surface area contributed by atoms with E-state index in [0.29, 0.717) is 6.42 Å². The first-order valence-corrected chi connectivity index (χ1v) is 5.51. The molecule has 0 bridgehead atoms. The van der Waals surface area contributed by atoms with Crippen LogP contribution in [0.5, 0.6) is 0 Å². The van der Waals surface area contributed by atoms with E-state index < -0.39 is 11.2 Å². The summed E-state index contributed by atoms with van der Waals surface area (Å²) in [7, 11) is 0. The van der Waals surface area contributed by atoms with Crippen molar-refractivity contribution in [2.75, 3.05) is 11.5 Å².